The normalized spacial score (nSPS) is 11.9. The molecule has 0 aliphatic heterocycles. The monoisotopic (exact) mass is 387 g/mol. The molecule has 0 fully saturated rings. The average molecular weight is 388 g/mol. The van der Waals surface area contributed by atoms with Gasteiger partial charge in [0.1, 0.15) is 0 Å². The highest BCUT2D eigenvalue weighted by Gasteiger charge is 2.14. The lowest BCUT2D eigenvalue weighted by Gasteiger charge is -2.21. The Hall–Kier alpha value is -1.77. The third kappa shape index (κ3) is 11.2. The minimum absolute atomic E-state index is 0.357. The van der Waals surface area contributed by atoms with Crippen LogP contribution in [0.25, 0.3) is 0 Å². The van der Waals surface area contributed by atoms with Gasteiger partial charge in [-0.3, -0.25) is 0 Å². The maximum Gasteiger partial charge on any atom is 0.337 e. The number of nitrogens with one attached hydrogen (secondary N) is 1. The van der Waals surface area contributed by atoms with Crippen LogP contribution in [0.2, 0.25) is 0 Å². The van der Waals surface area contributed by atoms with Crippen molar-refractivity contribution in [2.75, 3.05) is 5.32 Å². The summed E-state index contributed by atoms with van der Waals surface area (Å²) < 4.78 is 0. The lowest BCUT2D eigenvalue weighted by molar-refractivity contribution is 0.0698. The molecule has 2 N–H and O–H groups in total. The molecule has 0 aromatic heterocycles. The summed E-state index contributed by atoms with van der Waals surface area (Å²) in [5.41, 5.74) is 1.13. The fourth-order valence-corrected chi connectivity index (χ4v) is 3.68. The zero-order valence-corrected chi connectivity index (χ0v) is 17.9. The number of benzene rings is 1. The van der Waals surface area contributed by atoms with Crippen LogP contribution in [0.5, 0.6) is 0 Å². The van der Waals surface area contributed by atoms with Gasteiger partial charge in [-0.05, 0) is 37.8 Å². The Morgan fingerprint density at radius 3 is 2.14 bits per heavy atom. The summed E-state index contributed by atoms with van der Waals surface area (Å²) in [5, 5.41) is 13.0. The van der Waals surface area contributed by atoms with Gasteiger partial charge in [0.25, 0.3) is 0 Å². The van der Waals surface area contributed by atoms with E-state index in [9.17, 15) is 9.90 Å². The summed E-state index contributed by atoms with van der Waals surface area (Å²) >= 11 is 0. The van der Waals surface area contributed by atoms with Gasteiger partial charge in [-0.15, -0.1) is 6.58 Å². The summed E-state index contributed by atoms with van der Waals surface area (Å²) in [6.45, 7) is 6.04. The lowest BCUT2D eigenvalue weighted by Crippen LogP contribution is -2.21. The molecule has 1 aromatic rings. The number of para-hydroxylation sites is 1. The summed E-state index contributed by atoms with van der Waals surface area (Å²) in [5.74, 6) is -0.859. The largest absolute Gasteiger partial charge is 0.478 e. The summed E-state index contributed by atoms with van der Waals surface area (Å²) in [4.78, 5) is 11.5. The predicted molar refractivity (Wildman–Crippen MR) is 121 cm³/mol. The van der Waals surface area contributed by atoms with Crippen LogP contribution < -0.4 is 5.32 Å². The molecule has 3 heteroatoms. The van der Waals surface area contributed by atoms with E-state index in [1.165, 1.54) is 70.6 Å². The first-order chi connectivity index (χ1) is 13.7. The van der Waals surface area contributed by atoms with Gasteiger partial charge in [-0.25, -0.2) is 4.79 Å². The van der Waals surface area contributed by atoms with Crippen LogP contribution in [0.4, 0.5) is 5.69 Å². The van der Waals surface area contributed by atoms with Gasteiger partial charge in [0.05, 0.1) is 5.56 Å². The molecule has 0 amide bonds. The number of carboxylic acid groups (broad SMARTS) is 1. The molecule has 28 heavy (non-hydrogen) atoms. The minimum atomic E-state index is -0.859. The standard InChI is InChI=1S/C25H41NO2/c1-3-5-7-9-11-13-15-19-22(18-14-12-10-8-6-4-2)26-24-21-17-16-20-23(24)25(27)28/h4,16-17,20-22,26H,2-3,5-15,18-19H2,1H3,(H,27,28). The van der Waals surface area contributed by atoms with Crippen LogP contribution in [0, 0.1) is 0 Å². The van der Waals surface area contributed by atoms with Crippen molar-refractivity contribution in [1.82, 2.24) is 0 Å². The van der Waals surface area contributed by atoms with E-state index >= 15 is 0 Å². The molecule has 1 atom stereocenters. The molecule has 0 radical (unpaired) electrons. The zero-order valence-electron chi connectivity index (χ0n) is 17.9. The molecular formula is C25H41NO2. The molecule has 0 saturated carbocycles. The Labute approximate surface area is 172 Å². The number of unbranched alkanes of at least 4 members (excludes halogenated alkanes) is 10. The van der Waals surface area contributed by atoms with E-state index < -0.39 is 5.97 Å². The van der Waals surface area contributed by atoms with Crippen molar-refractivity contribution < 1.29 is 9.90 Å². The fourth-order valence-electron chi connectivity index (χ4n) is 3.68. The zero-order chi connectivity index (χ0) is 20.5. The topological polar surface area (TPSA) is 49.3 Å². The van der Waals surface area contributed by atoms with Crippen LogP contribution in [-0.2, 0) is 0 Å². The van der Waals surface area contributed by atoms with Gasteiger partial charge in [0, 0.05) is 11.7 Å². The van der Waals surface area contributed by atoms with Gasteiger partial charge >= 0.3 is 5.97 Å². The van der Waals surface area contributed by atoms with Gasteiger partial charge in [-0.2, -0.15) is 0 Å². The quantitative estimate of drug-likeness (QED) is 0.199. The molecule has 1 aromatic carbocycles. The van der Waals surface area contributed by atoms with Crippen LogP contribution in [0.15, 0.2) is 36.9 Å². The molecular weight excluding hydrogens is 346 g/mol. The number of allylic oxidation sites excluding steroid dienone is 1. The molecule has 0 bridgehead atoms. The molecule has 1 unspecified atom stereocenters. The number of carboxylic acids is 1. The van der Waals surface area contributed by atoms with Crippen LogP contribution >= 0.6 is 0 Å². The molecule has 3 nitrogen and oxygen atoms in total. The predicted octanol–water partition coefficient (Wildman–Crippen LogP) is 7.83. The second kappa shape index (κ2) is 16.2. The van der Waals surface area contributed by atoms with E-state index in [1.54, 1.807) is 12.1 Å². The maximum atomic E-state index is 11.5. The van der Waals surface area contributed by atoms with E-state index in [2.05, 4.69) is 18.8 Å². The third-order valence-electron chi connectivity index (χ3n) is 5.38. The fraction of sp³-hybridized carbons (Fsp3) is 0.640. The van der Waals surface area contributed by atoms with Crippen molar-refractivity contribution in [1.29, 1.82) is 0 Å². The maximum absolute atomic E-state index is 11.5. The minimum Gasteiger partial charge on any atom is -0.478 e. The Morgan fingerprint density at radius 2 is 1.54 bits per heavy atom. The molecule has 0 aliphatic rings. The number of aromatic carboxylic acids is 1. The first kappa shape index (κ1) is 24.3. The summed E-state index contributed by atoms with van der Waals surface area (Å²) in [6, 6.07) is 7.64. The van der Waals surface area contributed by atoms with Gasteiger partial charge in [0.15, 0.2) is 0 Å². The van der Waals surface area contributed by atoms with E-state index in [0.717, 1.165) is 24.9 Å². The van der Waals surface area contributed by atoms with Crippen molar-refractivity contribution in [3.8, 4) is 0 Å². The third-order valence-corrected chi connectivity index (χ3v) is 5.38. The number of rotatable bonds is 18. The second-order valence-corrected chi connectivity index (χ2v) is 7.88. The lowest BCUT2D eigenvalue weighted by atomic mass is 9.99. The Bertz CT molecular complexity index is 541. The SMILES string of the molecule is C=CCCCCCCC(CCCCCCCCC)Nc1ccccc1C(=O)O. The van der Waals surface area contributed by atoms with Gasteiger partial charge < -0.3 is 10.4 Å². The molecule has 0 spiro atoms. The highest BCUT2D eigenvalue weighted by molar-refractivity contribution is 5.94. The Morgan fingerprint density at radius 1 is 0.964 bits per heavy atom. The molecule has 158 valence electrons. The number of hydrogen-bond acceptors (Lipinski definition) is 2. The summed E-state index contributed by atoms with van der Waals surface area (Å²) in [6.07, 6.45) is 19.4. The smallest absolute Gasteiger partial charge is 0.337 e. The van der Waals surface area contributed by atoms with Crippen molar-refractivity contribution in [2.45, 2.75) is 103 Å². The highest BCUT2D eigenvalue weighted by Crippen LogP contribution is 2.21. The van der Waals surface area contributed by atoms with Crippen LogP contribution in [0.3, 0.4) is 0 Å². The van der Waals surface area contributed by atoms with Crippen molar-refractivity contribution in [3.05, 3.63) is 42.5 Å². The average Bonchev–Trinajstić information content (AvgIpc) is 2.69. The second-order valence-electron chi connectivity index (χ2n) is 7.88. The number of anilines is 1. The van der Waals surface area contributed by atoms with Crippen molar-refractivity contribution >= 4 is 11.7 Å². The molecule has 0 saturated heterocycles. The van der Waals surface area contributed by atoms with Crippen LogP contribution in [-0.4, -0.2) is 17.1 Å². The van der Waals surface area contributed by atoms with Crippen molar-refractivity contribution in [3.63, 3.8) is 0 Å². The van der Waals surface area contributed by atoms with E-state index in [0.29, 0.717) is 11.6 Å². The van der Waals surface area contributed by atoms with E-state index in [-0.39, 0.29) is 0 Å². The Kier molecular flexibility index (Phi) is 14.0. The van der Waals surface area contributed by atoms with Crippen LogP contribution in [0.1, 0.15) is 107 Å². The van der Waals surface area contributed by atoms with Crippen molar-refractivity contribution in [2.24, 2.45) is 0 Å². The first-order valence-corrected chi connectivity index (χ1v) is 11.4. The van der Waals surface area contributed by atoms with E-state index in [4.69, 9.17) is 0 Å². The molecule has 0 heterocycles. The van der Waals surface area contributed by atoms with E-state index in [1.807, 2.05) is 18.2 Å². The number of carbonyl (C=O) groups is 1. The Balaban J connectivity index is 2.48. The molecule has 1 rings (SSSR count). The first-order valence-electron chi connectivity index (χ1n) is 11.4. The molecule has 0 aliphatic carbocycles. The summed E-state index contributed by atoms with van der Waals surface area (Å²) in [7, 11) is 0. The van der Waals surface area contributed by atoms with Gasteiger partial charge in [-0.1, -0.05) is 89.3 Å². The highest BCUT2D eigenvalue weighted by atomic mass is 16.4. The number of hydrogen-bond donors (Lipinski definition) is 2. The van der Waals surface area contributed by atoms with Gasteiger partial charge in [0.2, 0.25) is 0 Å².